The third-order valence-corrected chi connectivity index (χ3v) is 2.52. The van der Waals surface area contributed by atoms with Crippen LogP contribution >= 0.6 is 0 Å². The molecule has 0 saturated heterocycles. The molecule has 0 amide bonds. The van der Waals surface area contributed by atoms with Crippen molar-refractivity contribution in [3.8, 4) is 5.75 Å². The van der Waals surface area contributed by atoms with Gasteiger partial charge in [0.1, 0.15) is 17.8 Å². The monoisotopic (exact) mass is 294 g/mol. The SMILES string of the molecule is COc1ccc(F)c(Nc2nc(NN)ncc2[N+](=O)[O-])c1. The second-order valence-electron chi connectivity index (χ2n) is 3.80. The molecular formula is C11H11FN6O3. The van der Waals surface area contributed by atoms with E-state index in [0.29, 0.717) is 5.75 Å². The summed E-state index contributed by atoms with van der Waals surface area (Å²) >= 11 is 0. The number of benzene rings is 1. The number of methoxy groups -OCH3 is 1. The molecule has 1 aromatic carbocycles. The Morgan fingerprint density at radius 2 is 2.24 bits per heavy atom. The van der Waals surface area contributed by atoms with Crippen LogP contribution in [0.3, 0.4) is 0 Å². The second kappa shape index (κ2) is 5.96. The molecule has 1 aromatic heterocycles. The molecule has 0 radical (unpaired) electrons. The number of hydrazine groups is 1. The molecule has 0 aliphatic rings. The number of rotatable bonds is 5. The summed E-state index contributed by atoms with van der Waals surface area (Å²) in [7, 11) is 1.42. The van der Waals surface area contributed by atoms with Crippen molar-refractivity contribution in [2.45, 2.75) is 0 Å². The number of nitro groups is 1. The molecule has 10 heteroatoms. The Hall–Kier alpha value is -3.01. The van der Waals surface area contributed by atoms with Gasteiger partial charge >= 0.3 is 5.69 Å². The van der Waals surface area contributed by atoms with Gasteiger partial charge in [-0.1, -0.05) is 0 Å². The number of nitrogens with one attached hydrogen (secondary N) is 2. The van der Waals surface area contributed by atoms with E-state index in [2.05, 4.69) is 20.7 Å². The maximum Gasteiger partial charge on any atom is 0.329 e. The molecular weight excluding hydrogens is 283 g/mol. The van der Waals surface area contributed by atoms with Crippen LogP contribution in [-0.2, 0) is 0 Å². The van der Waals surface area contributed by atoms with Crippen molar-refractivity contribution >= 4 is 23.1 Å². The van der Waals surface area contributed by atoms with Gasteiger partial charge in [0.25, 0.3) is 0 Å². The quantitative estimate of drug-likeness (QED) is 0.430. The Morgan fingerprint density at radius 1 is 1.48 bits per heavy atom. The topological polar surface area (TPSA) is 128 Å². The Kier molecular flexibility index (Phi) is 4.09. The van der Waals surface area contributed by atoms with Crippen LogP contribution < -0.4 is 21.3 Å². The van der Waals surface area contributed by atoms with Gasteiger partial charge in [-0.25, -0.2) is 15.2 Å². The van der Waals surface area contributed by atoms with Crippen molar-refractivity contribution < 1.29 is 14.1 Å². The van der Waals surface area contributed by atoms with Crippen molar-refractivity contribution in [2.75, 3.05) is 17.9 Å². The van der Waals surface area contributed by atoms with Crippen LogP contribution in [-0.4, -0.2) is 22.0 Å². The number of aromatic nitrogens is 2. The van der Waals surface area contributed by atoms with Crippen molar-refractivity contribution in [2.24, 2.45) is 5.84 Å². The third-order valence-electron chi connectivity index (χ3n) is 2.52. The fraction of sp³-hybridized carbons (Fsp3) is 0.0909. The van der Waals surface area contributed by atoms with Gasteiger partial charge in [0, 0.05) is 6.07 Å². The van der Waals surface area contributed by atoms with Crippen LogP contribution in [0.1, 0.15) is 0 Å². The molecule has 0 aliphatic heterocycles. The van der Waals surface area contributed by atoms with E-state index in [1.54, 1.807) is 0 Å². The zero-order chi connectivity index (χ0) is 15.4. The highest BCUT2D eigenvalue weighted by molar-refractivity contribution is 5.67. The molecule has 9 nitrogen and oxygen atoms in total. The van der Waals surface area contributed by atoms with E-state index in [0.717, 1.165) is 12.3 Å². The summed E-state index contributed by atoms with van der Waals surface area (Å²) in [6.45, 7) is 0. The molecule has 0 spiro atoms. The number of nitrogens with zero attached hydrogens (tertiary/aromatic N) is 3. The lowest BCUT2D eigenvalue weighted by molar-refractivity contribution is -0.384. The lowest BCUT2D eigenvalue weighted by Crippen LogP contribution is -2.12. The van der Waals surface area contributed by atoms with E-state index in [-0.39, 0.29) is 17.5 Å². The van der Waals surface area contributed by atoms with Crippen LogP contribution in [0.2, 0.25) is 0 Å². The Morgan fingerprint density at radius 3 is 2.86 bits per heavy atom. The van der Waals surface area contributed by atoms with Crippen LogP contribution in [0, 0.1) is 15.9 Å². The van der Waals surface area contributed by atoms with Crippen molar-refractivity contribution in [1.29, 1.82) is 0 Å². The summed E-state index contributed by atoms with van der Waals surface area (Å²) in [5, 5.41) is 13.5. The molecule has 21 heavy (non-hydrogen) atoms. The van der Waals surface area contributed by atoms with Crippen LogP contribution in [0.5, 0.6) is 5.75 Å². The number of nitrogen functional groups attached to an aromatic ring is 1. The van der Waals surface area contributed by atoms with E-state index in [1.165, 1.54) is 19.2 Å². The van der Waals surface area contributed by atoms with Gasteiger partial charge in [-0.05, 0) is 12.1 Å². The summed E-state index contributed by atoms with van der Waals surface area (Å²) in [6, 6.07) is 3.93. The first-order valence-electron chi connectivity index (χ1n) is 5.63. The lowest BCUT2D eigenvalue weighted by atomic mass is 10.3. The fourth-order valence-corrected chi connectivity index (χ4v) is 1.53. The minimum atomic E-state index is -0.694. The summed E-state index contributed by atoms with van der Waals surface area (Å²) < 4.78 is 18.7. The van der Waals surface area contributed by atoms with Crippen molar-refractivity contribution in [3.05, 3.63) is 40.3 Å². The summed E-state index contributed by atoms with van der Waals surface area (Å²) in [4.78, 5) is 17.7. The van der Waals surface area contributed by atoms with Crippen molar-refractivity contribution in [3.63, 3.8) is 0 Å². The molecule has 0 unspecified atom stereocenters. The van der Waals surface area contributed by atoms with Crippen LogP contribution in [0.15, 0.2) is 24.4 Å². The number of anilines is 3. The van der Waals surface area contributed by atoms with Crippen LogP contribution in [0.25, 0.3) is 0 Å². The Labute approximate surface area is 118 Å². The van der Waals surface area contributed by atoms with E-state index in [4.69, 9.17) is 10.6 Å². The average molecular weight is 294 g/mol. The molecule has 0 bridgehead atoms. The number of nitrogens with two attached hydrogens (primary N) is 1. The highest BCUT2D eigenvalue weighted by Gasteiger charge is 2.18. The average Bonchev–Trinajstić information content (AvgIpc) is 2.49. The first-order chi connectivity index (χ1) is 10.0. The standard InChI is InChI=1S/C11H11FN6O3/c1-21-6-2-3-7(12)8(4-6)15-10-9(18(19)20)5-14-11(16-10)17-13/h2-5H,13H2,1H3,(H2,14,15,16,17). The number of hydrogen-bond acceptors (Lipinski definition) is 8. The molecule has 110 valence electrons. The molecule has 0 saturated carbocycles. The van der Waals surface area contributed by atoms with Crippen molar-refractivity contribution in [1.82, 2.24) is 9.97 Å². The fourth-order valence-electron chi connectivity index (χ4n) is 1.53. The maximum atomic E-state index is 13.7. The van der Waals surface area contributed by atoms with E-state index in [9.17, 15) is 14.5 Å². The minimum absolute atomic E-state index is 0.0286. The number of halogens is 1. The maximum absolute atomic E-state index is 13.7. The zero-order valence-corrected chi connectivity index (χ0v) is 10.8. The summed E-state index contributed by atoms with van der Waals surface area (Å²) in [5.41, 5.74) is 1.70. The van der Waals surface area contributed by atoms with E-state index < -0.39 is 16.4 Å². The van der Waals surface area contributed by atoms with Gasteiger partial charge in [-0.2, -0.15) is 4.98 Å². The Bertz CT molecular complexity index is 681. The van der Waals surface area contributed by atoms with Gasteiger partial charge in [0.15, 0.2) is 0 Å². The molecule has 4 N–H and O–H groups in total. The molecule has 2 rings (SSSR count). The second-order valence-corrected chi connectivity index (χ2v) is 3.80. The van der Waals surface area contributed by atoms with Gasteiger partial charge < -0.3 is 10.1 Å². The first kappa shape index (κ1) is 14.4. The smallest absolute Gasteiger partial charge is 0.329 e. The van der Waals surface area contributed by atoms with Crippen LogP contribution in [0.4, 0.5) is 27.5 Å². The number of hydrogen-bond donors (Lipinski definition) is 3. The van der Waals surface area contributed by atoms with Gasteiger partial charge in [-0.3, -0.25) is 15.5 Å². The molecule has 1 heterocycles. The van der Waals surface area contributed by atoms with E-state index in [1.807, 2.05) is 0 Å². The normalized spacial score (nSPS) is 10.0. The molecule has 2 aromatic rings. The highest BCUT2D eigenvalue weighted by Crippen LogP contribution is 2.29. The van der Waals surface area contributed by atoms with Gasteiger partial charge in [0.2, 0.25) is 11.8 Å². The first-order valence-corrected chi connectivity index (χ1v) is 5.63. The predicted octanol–water partition coefficient (Wildman–Crippen LogP) is 1.56. The zero-order valence-electron chi connectivity index (χ0n) is 10.8. The Balaban J connectivity index is 2.44. The molecule has 0 atom stereocenters. The molecule has 0 aliphatic carbocycles. The third kappa shape index (κ3) is 3.12. The number of ether oxygens (including phenoxy) is 1. The van der Waals surface area contributed by atoms with Gasteiger partial charge in [0.05, 0.1) is 17.7 Å². The lowest BCUT2D eigenvalue weighted by Gasteiger charge is -2.09. The largest absolute Gasteiger partial charge is 0.497 e. The predicted molar refractivity (Wildman–Crippen MR) is 72.7 cm³/mol. The summed E-state index contributed by atoms with van der Waals surface area (Å²) in [5.74, 6) is 4.66. The summed E-state index contributed by atoms with van der Waals surface area (Å²) in [6.07, 6.45) is 0.961. The minimum Gasteiger partial charge on any atom is -0.497 e. The highest BCUT2D eigenvalue weighted by atomic mass is 19.1. The van der Waals surface area contributed by atoms with Gasteiger partial charge in [-0.15, -0.1) is 0 Å². The molecule has 0 fully saturated rings. The van der Waals surface area contributed by atoms with E-state index >= 15 is 0 Å².